The summed E-state index contributed by atoms with van der Waals surface area (Å²) in [6, 6.07) is 6.01. The van der Waals surface area contributed by atoms with Crippen LogP contribution in [0.1, 0.15) is 12.5 Å². The summed E-state index contributed by atoms with van der Waals surface area (Å²) in [5, 5.41) is 4.77. The van der Waals surface area contributed by atoms with E-state index in [0.29, 0.717) is 13.2 Å². The van der Waals surface area contributed by atoms with Gasteiger partial charge in [-0.1, -0.05) is 15.9 Å². The lowest BCUT2D eigenvalue weighted by molar-refractivity contribution is -0.118. The maximum absolute atomic E-state index is 10.9. The number of carbonyl (C=O) groups excluding carboxylic acids is 1. The minimum atomic E-state index is 0.00110. The molecule has 5 heteroatoms. The number of aromatic amines is 1. The van der Waals surface area contributed by atoms with Gasteiger partial charge in [0, 0.05) is 35.9 Å². The summed E-state index contributed by atoms with van der Waals surface area (Å²) in [7, 11) is 0. The molecular formula is C14H17BrN2O2. The number of nitrogens with one attached hydrogen (secondary N) is 2. The third kappa shape index (κ3) is 3.73. The second-order valence-electron chi connectivity index (χ2n) is 4.29. The average molecular weight is 325 g/mol. The van der Waals surface area contributed by atoms with E-state index in [1.165, 1.54) is 12.5 Å². The fourth-order valence-corrected chi connectivity index (χ4v) is 2.15. The summed E-state index contributed by atoms with van der Waals surface area (Å²) in [5.74, 6) is 0.869. The van der Waals surface area contributed by atoms with Crippen molar-refractivity contribution in [2.45, 2.75) is 13.3 Å². The zero-order valence-electron chi connectivity index (χ0n) is 10.8. The number of benzene rings is 1. The van der Waals surface area contributed by atoms with Crippen molar-refractivity contribution >= 4 is 32.7 Å². The van der Waals surface area contributed by atoms with E-state index in [9.17, 15) is 4.79 Å². The molecule has 19 heavy (non-hydrogen) atoms. The number of amides is 1. The third-order valence-corrected chi connectivity index (χ3v) is 3.18. The van der Waals surface area contributed by atoms with E-state index in [-0.39, 0.29) is 5.91 Å². The van der Waals surface area contributed by atoms with Crippen LogP contribution in [0.2, 0.25) is 0 Å². The minimum Gasteiger partial charge on any atom is -0.493 e. The van der Waals surface area contributed by atoms with E-state index >= 15 is 0 Å². The molecule has 1 aromatic heterocycles. The van der Waals surface area contributed by atoms with Crippen LogP contribution in [0.25, 0.3) is 10.9 Å². The van der Waals surface area contributed by atoms with E-state index in [4.69, 9.17) is 4.74 Å². The molecule has 0 unspecified atom stereocenters. The summed E-state index contributed by atoms with van der Waals surface area (Å²) in [5.41, 5.74) is 2.28. The lowest BCUT2D eigenvalue weighted by Gasteiger charge is -2.05. The Morgan fingerprint density at radius 2 is 2.32 bits per heavy atom. The van der Waals surface area contributed by atoms with E-state index in [0.717, 1.165) is 28.4 Å². The highest BCUT2D eigenvalue weighted by molar-refractivity contribution is 9.09. The summed E-state index contributed by atoms with van der Waals surface area (Å²) >= 11 is 3.34. The number of hydrogen-bond acceptors (Lipinski definition) is 2. The zero-order valence-corrected chi connectivity index (χ0v) is 12.4. The SMILES string of the molecule is CC(=O)NCCc1c[nH]c2ccc(OCCBr)cc12. The molecule has 1 amide bonds. The third-order valence-electron chi connectivity index (χ3n) is 2.85. The molecular weight excluding hydrogens is 308 g/mol. The number of halogens is 1. The van der Waals surface area contributed by atoms with Crippen molar-refractivity contribution in [1.82, 2.24) is 10.3 Å². The lowest BCUT2D eigenvalue weighted by Crippen LogP contribution is -2.22. The molecule has 2 rings (SSSR count). The van der Waals surface area contributed by atoms with Crippen molar-refractivity contribution in [2.24, 2.45) is 0 Å². The zero-order chi connectivity index (χ0) is 13.7. The van der Waals surface area contributed by atoms with Gasteiger partial charge in [-0.2, -0.15) is 0 Å². The highest BCUT2D eigenvalue weighted by atomic mass is 79.9. The molecule has 1 aromatic carbocycles. The van der Waals surface area contributed by atoms with Crippen molar-refractivity contribution in [3.05, 3.63) is 30.0 Å². The van der Waals surface area contributed by atoms with Gasteiger partial charge in [0.25, 0.3) is 0 Å². The number of hydrogen-bond donors (Lipinski definition) is 2. The van der Waals surface area contributed by atoms with E-state index in [1.807, 2.05) is 24.4 Å². The number of fused-ring (bicyclic) bond motifs is 1. The first-order valence-electron chi connectivity index (χ1n) is 6.24. The maximum atomic E-state index is 10.9. The maximum Gasteiger partial charge on any atom is 0.216 e. The molecule has 0 fully saturated rings. The van der Waals surface area contributed by atoms with Gasteiger partial charge in [-0.05, 0) is 30.2 Å². The second-order valence-corrected chi connectivity index (χ2v) is 5.08. The van der Waals surface area contributed by atoms with Crippen LogP contribution in [0.5, 0.6) is 5.75 Å². The average Bonchev–Trinajstić information content (AvgIpc) is 2.79. The van der Waals surface area contributed by atoms with Crippen LogP contribution in [-0.4, -0.2) is 29.4 Å². The monoisotopic (exact) mass is 324 g/mol. The molecule has 2 N–H and O–H groups in total. The smallest absolute Gasteiger partial charge is 0.216 e. The van der Waals surface area contributed by atoms with Gasteiger partial charge in [0.1, 0.15) is 5.75 Å². The quantitative estimate of drug-likeness (QED) is 0.802. The van der Waals surface area contributed by atoms with Crippen LogP contribution in [0, 0.1) is 0 Å². The minimum absolute atomic E-state index is 0.00110. The second kappa shape index (κ2) is 6.61. The predicted molar refractivity (Wildman–Crippen MR) is 80.0 cm³/mol. The highest BCUT2D eigenvalue weighted by Gasteiger charge is 2.05. The van der Waals surface area contributed by atoms with Crippen LogP contribution < -0.4 is 10.1 Å². The van der Waals surface area contributed by atoms with Crippen LogP contribution >= 0.6 is 15.9 Å². The molecule has 2 aromatic rings. The van der Waals surface area contributed by atoms with Crippen molar-refractivity contribution in [3.8, 4) is 5.75 Å². The Morgan fingerprint density at radius 3 is 3.05 bits per heavy atom. The fourth-order valence-electron chi connectivity index (χ4n) is 1.98. The Morgan fingerprint density at radius 1 is 1.47 bits per heavy atom. The van der Waals surface area contributed by atoms with Gasteiger partial charge in [0.05, 0.1) is 6.61 Å². The molecule has 1 heterocycles. The van der Waals surface area contributed by atoms with E-state index in [1.54, 1.807) is 0 Å². The molecule has 0 aliphatic rings. The molecule has 0 saturated carbocycles. The summed E-state index contributed by atoms with van der Waals surface area (Å²) < 4.78 is 5.60. The van der Waals surface area contributed by atoms with Crippen LogP contribution in [0.3, 0.4) is 0 Å². The Labute approximate surface area is 120 Å². The Bertz CT molecular complexity index is 566. The van der Waals surface area contributed by atoms with Gasteiger partial charge >= 0.3 is 0 Å². The van der Waals surface area contributed by atoms with Gasteiger partial charge in [-0.15, -0.1) is 0 Å². The molecule has 0 atom stereocenters. The molecule has 0 aliphatic carbocycles. The van der Waals surface area contributed by atoms with Crippen molar-refractivity contribution in [2.75, 3.05) is 18.5 Å². The molecule has 102 valence electrons. The van der Waals surface area contributed by atoms with E-state index < -0.39 is 0 Å². The van der Waals surface area contributed by atoms with E-state index in [2.05, 4.69) is 26.2 Å². The van der Waals surface area contributed by atoms with Gasteiger partial charge in [-0.3, -0.25) is 4.79 Å². The van der Waals surface area contributed by atoms with Gasteiger partial charge in [0.2, 0.25) is 5.91 Å². The van der Waals surface area contributed by atoms with Crippen molar-refractivity contribution in [1.29, 1.82) is 0 Å². The van der Waals surface area contributed by atoms with Gasteiger partial charge in [-0.25, -0.2) is 0 Å². The summed E-state index contributed by atoms with van der Waals surface area (Å²) in [6.45, 7) is 2.83. The number of rotatable bonds is 6. The Kier molecular flexibility index (Phi) is 4.85. The highest BCUT2D eigenvalue weighted by Crippen LogP contribution is 2.24. The first kappa shape index (κ1) is 13.9. The molecule has 4 nitrogen and oxygen atoms in total. The van der Waals surface area contributed by atoms with Crippen molar-refractivity contribution < 1.29 is 9.53 Å². The standard InChI is InChI=1S/C14H17BrN2O2/c1-10(18)16-6-4-11-9-17-14-3-2-12(8-13(11)14)19-7-5-15/h2-3,8-9,17H,4-7H2,1H3,(H,16,18). The molecule has 0 saturated heterocycles. The Balaban J connectivity index is 2.12. The van der Waals surface area contributed by atoms with Crippen LogP contribution in [0.15, 0.2) is 24.4 Å². The normalized spacial score (nSPS) is 10.6. The summed E-state index contributed by atoms with van der Waals surface area (Å²) in [4.78, 5) is 14.1. The predicted octanol–water partition coefficient (Wildman–Crippen LogP) is 2.62. The van der Waals surface area contributed by atoms with Gasteiger partial charge in [0.15, 0.2) is 0 Å². The lowest BCUT2D eigenvalue weighted by atomic mass is 10.1. The molecule has 0 aliphatic heterocycles. The molecule has 0 spiro atoms. The van der Waals surface area contributed by atoms with Crippen LogP contribution in [-0.2, 0) is 11.2 Å². The fraction of sp³-hybridized carbons (Fsp3) is 0.357. The Hall–Kier alpha value is -1.49. The van der Waals surface area contributed by atoms with Crippen molar-refractivity contribution in [3.63, 3.8) is 0 Å². The number of alkyl halides is 1. The number of carbonyl (C=O) groups is 1. The topological polar surface area (TPSA) is 54.1 Å². The first-order chi connectivity index (χ1) is 9.20. The number of H-pyrrole nitrogens is 1. The number of ether oxygens (including phenoxy) is 1. The van der Waals surface area contributed by atoms with Crippen LogP contribution in [0.4, 0.5) is 0 Å². The van der Waals surface area contributed by atoms with Gasteiger partial charge < -0.3 is 15.0 Å². The summed E-state index contributed by atoms with van der Waals surface area (Å²) in [6.07, 6.45) is 2.79. The first-order valence-corrected chi connectivity index (χ1v) is 7.36. The number of aromatic nitrogens is 1. The molecule has 0 bridgehead atoms. The largest absolute Gasteiger partial charge is 0.493 e. The molecule has 0 radical (unpaired) electrons.